The first-order chi connectivity index (χ1) is 55.2. The molecule has 0 spiro atoms. The van der Waals surface area contributed by atoms with Gasteiger partial charge in [0.1, 0.15) is 19.3 Å². The number of hydrogen-bond donors (Lipinski definition) is 3. The Morgan fingerprint density at radius 1 is 0.237 bits per heavy atom. The summed E-state index contributed by atoms with van der Waals surface area (Å²) >= 11 is 0. The molecule has 114 heavy (non-hydrogen) atoms. The summed E-state index contributed by atoms with van der Waals surface area (Å²) in [5.74, 6) is 0.281. The monoisotopic (exact) mass is 1660 g/mol. The van der Waals surface area contributed by atoms with E-state index in [0.29, 0.717) is 25.7 Å². The van der Waals surface area contributed by atoms with Crippen molar-refractivity contribution in [2.75, 3.05) is 39.6 Å². The number of carbonyl (C=O) groups excluding carboxylic acids is 4. The Morgan fingerprint density at radius 2 is 0.404 bits per heavy atom. The molecule has 0 bridgehead atoms. The highest BCUT2D eigenvalue weighted by Gasteiger charge is 2.31. The molecular weight excluding hydrogens is 1470 g/mol. The average molecular weight is 1660 g/mol. The number of unbranched alkanes of at least 4 members (excludes halogenated alkanes) is 61. The van der Waals surface area contributed by atoms with Gasteiger partial charge in [0, 0.05) is 25.7 Å². The third-order valence-corrected chi connectivity index (χ3v) is 24.3. The van der Waals surface area contributed by atoms with Crippen molar-refractivity contribution in [1.82, 2.24) is 0 Å². The van der Waals surface area contributed by atoms with Gasteiger partial charge in [-0.05, 0) is 43.4 Å². The van der Waals surface area contributed by atoms with E-state index in [1.54, 1.807) is 0 Å². The van der Waals surface area contributed by atoms with Crippen LogP contribution >= 0.6 is 15.6 Å². The van der Waals surface area contributed by atoms with Gasteiger partial charge in [-0.25, -0.2) is 9.13 Å². The molecule has 0 aliphatic rings. The highest BCUT2D eigenvalue weighted by atomic mass is 31.2. The number of aliphatic hydroxyl groups excluding tert-OH is 1. The third kappa shape index (κ3) is 87.9. The Labute approximate surface area is 702 Å². The molecule has 0 aliphatic heterocycles. The fourth-order valence-electron chi connectivity index (χ4n) is 15.0. The average Bonchev–Trinajstić information content (AvgIpc) is 0.932. The predicted octanol–water partition coefficient (Wildman–Crippen LogP) is 29.6. The first-order valence-electron chi connectivity index (χ1n) is 48.8. The van der Waals surface area contributed by atoms with Crippen LogP contribution in [0.3, 0.4) is 0 Å². The summed E-state index contributed by atoms with van der Waals surface area (Å²) in [4.78, 5) is 73.6. The number of phosphoric ester groups is 2. The Hall–Kier alpha value is -1.94. The van der Waals surface area contributed by atoms with E-state index in [2.05, 4.69) is 48.5 Å². The number of carbonyl (C=O) groups is 4. The quantitative estimate of drug-likeness (QED) is 0.0222. The second kappa shape index (κ2) is 84.7. The van der Waals surface area contributed by atoms with E-state index < -0.39 is 97.5 Å². The molecule has 0 aliphatic carbocycles. The SMILES string of the molecule is CCCCCCCCCCCCCCCCCCCCCCCCC(=O)O[C@H](COC(=O)CCCCCCCCCCCCCCCCCCCCC(C)C)COP(=O)(O)OC[C@@H](O)COP(=O)(O)OC[C@@H](COC(=O)CCCCCCCCCCCC(C)C)OC(=O)CCCCCCCCCCCCCCCCCCC(C)C. The molecule has 0 amide bonds. The lowest BCUT2D eigenvalue weighted by Gasteiger charge is -2.21. The second-order valence-corrected chi connectivity index (χ2v) is 38.4. The van der Waals surface area contributed by atoms with Crippen LogP contribution in [-0.2, 0) is 65.4 Å². The molecular formula is C95H186O17P2. The van der Waals surface area contributed by atoms with E-state index in [9.17, 15) is 43.2 Å². The number of phosphoric acid groups is 2. The zero-order valence-electron chi connectivity index (χ0n) is 75.6. The summed E-state index contributed by atoms with van der Waals surface area (Å²) < 4.78 is 69.2. The number of hydrogen-bond acceptors (Lipinski definition) is 15. The first kappa shape index (κ1) is 112. The molecule has 0 aromatic carbocycles. The fraction of sp³-hybridized carbons (Fsp3) is 0.958. The number of esters is 4. The first-order valence-corrected chi connectivity index (χ1v) is 51.8. The molecule has 0 aromatic rings. The maximum absolute atomic E-state index is 13.2. The van der Waals surface area contributed by atoms with Gasteiger partial charge in [0.25, 0.3) is 0 Å². The van der Waals surface area contributed by atoms with Gasteiger partial charge in [-0.15, -0.1) is 0 Å². The smallest absolute Gasteiger partial charge is 0.462 e. The van der Waals surface area contributed by atoms with Crippen LogP contribution in [0.1, 0.15) is 511 Å². The molecule has 0 rings (SSSR count). The lowest BCUT2D eigenvalue weighted by molar-refractivity contribution is -0.161. The van der Waals surface area contributed by atoms with Crippen LogP contribution in [0.25, 0.3) is 0 Å². The van der Waals surface area contributed by atoms with Crippen molar-refractivity contribution in [1.29, 1.82) is 0 Å². The minimum atomic E-state index is -4.97. The molecule has 0 aromatic heterocycles. The zero-order valence-corrected chi connectivity index (χ0v) is 77.4. The van der Waals surface area contributed by atoms with Crippen LogP contribution in [-0.4, -0.2) is 96.7 Å². The van der Waals surface area contributed by atoms with E-state index in [1.165, 1.54) is 321 Å². The summed E-state index contributed by atoms with van der Waals surface area (Å²) in [6, 6.07) is 0. The Kier molecular flexibility index (Phi) is 83.2. The third-order valence-electron chi connectivity index (χ3n) is 22.4. The van der Waals surface area contributed by atoms with Crippen LogP contribution in [0, 0.1) is 17.8 Å². The lowest BCUT2D eigenvalue weighted by atomic mass is 10.0. The van der Waals surface area contributed by atoms with Gasteiger partial charge in [-0.3, -0.25) is 37.3 Å². The molecule has 0 saturated heterocycles. The fourth-order valence-corrected chi connectivity index (χ4v) is 16.5. The minimum absolute atomic E-state index is 0.108. The number of rotatable bonds is 93. The van der Waals surface area contributed by atoms with Crippen LogP contribution < -0.4 is 0 Å². The molecule has 17 nitrogen and oxygen atoms in total. The van der Waals surface area contributed by atoms with Gasteiger partial charge in [0.05, 0.1) is 26.4 Å². The van der Waals surface area contributed by atoms with Crippen LogP contribution in [0.4, 0.5) is 0 Å². The maximum atomic E-state index is 13.2. The van der Waals surface area contributed by atoms with E-state index >= 15 is 0 Å². The Balaban J connectivity index is 5.24. The minimum Gasteiger partial charge on any atom is -0.462 e. The normalized spacial score (nSPS) is 13.7. The molecule has 3 N–H and O–H groups in total. The van der Waals surface area contributed by atoms with Gasteiger partial charge in [-0.1, -0.05) is 459 Å². The summed E-state index contributed by atoms with van der Waals surface area (Å²) in [6.45, 7) is 12.1. The van der Waals surface area contributed by atoms with Crippen LogP contribution in [0.5, 0.6) is 0 Å². The van der Waals surface area contributed by atoms with Crippen molar-refractivity contribution in [2.45, 2.75) is 529 Å². The molecule has 0 saturated carbocycles. The summed E-state index contributed by atoms with van der Waals surface area (Å²) in [7, 11) is -9.94. The lowest BCUT2D eigenvalue weighted by Crippen LogP contribution is -2.30. The summed E-state index contributed by atoms with van der Waals surface area (Å²) in [5, 5.41) is 10.7. The largest absolute Gasteiger partial charge is 0.472 e. The molecule has 0 radical (unpaired) electrons. The van der Waals surface area contributed by atoms with Crippen molar-refractivity contribution in [3.05, 3.63) is 0 Å². The highest BCUT2D eigenvalue weighted by Crippen LogP contribution is 2.45. The molecule has 5 atom stereocenters. The second-order valence-electron chi connectivity index (χ2n) is 35.5. The topological polar surface area (TPSA) is 237 Å². The van der Waals surface area contributed by atoms with Gasteiger partial charge >= 0.3 is 39.5 Å². The van der Waals surface area contributed by atoms with Crippen LogP contribution in [0.15, 0.2) is 0 Å². The van der Waals surface area contributed by atoms with E-state index in [4.69, 9.17) is 37.0 Å². The van der Waals surface area contributed by atoms with Crippen molar-refractivity contribution in [3.63, 3.8) is 0 Å². The molecule has 678 valence electrons. The van der Waals surface area contributed by atoms with Crippen molar-refractivity contribution >= 4 is 39.5 Å². The van der Waals surface area contributed by atoms with Crippen molar-refractivity contribution in [3.8, 4) is 0 Å². The zero-order chi connectivity index (χ0) is 83.6. The van der Waals surface area contributed by atoms with Crippen molar-refractivity contribution < 1.29 is 80.2 Å². The van der Waals surface area contributed by atoms with Gasteiger partial charge in [0.2, 0.25) is 0 Å². The standard InChI is InChI=1S/C95H186O17P2/c1-8-9-10-11-12-13-14-15-16-17-18-19-20-21-26-32-37-42-49-57-64-71-78-94(99)111-90(82-105-92(97)76-69-62-55-48-41-36-31-25-23-22-24-29-34-39-45-52-59-66-73-86(2)3)84-109-113(101,102)107-80-89(96)81-108-114(103,104)110-85-91(83-106-93(98)77-70-63-56-51-44-47-54-61-68-75-88(6)7)112-95(100)79-72-65-58-50-43-38-33-28-27-30-35-40-46-53-60-67-74-87(4)5/h86-91,96H,8-85H2,1-7H3,(H,101,102)(H,103,104)/t89-,90-,91-/m1/s1. The molecule has 0 heterocycles. The highest BCUT2D eigenvalue weighted by molar-refractivity contribution is 7.47. The summed E-state index contributed by atoms with van der Waals surface area (Å²) in [5.41, 5.74) is 0. The maximum Gasteiger partial charge on any atom is 0.472 e. The van der Waals surface area contributed by atoms with E-state index in [-0.39, 0.29) is 25.7 Å². The number of aliphatic hydroxyl groups is 1. The molecule has 0 fully saturated rings. The van der Waals surface area contributed by atoms with Crippen LogP contribution in [0.2, 0.25) is 0 Å². The van der Waals surface area contributed by atoms with Crippen molar-refractivity contribution in [2.24, 2.45) is 17.8 Å². The molecule has 2 unspecified atom stereocenters. The number of ether oxygens (including phenoxy) is 4. The molecule has 19 heteroatoms. The van der Waals surface area contributed by atoms with Gasteiger partial charge in [-0.2, -0.15) is 0 Å². The Bertz CT molecular complexity index is 2180. The Morgan fingerprint density at radius 3 is 0.596 bits per heavy atom. The van der Waals surface area contributed by atoms with Gasteiger partial charge in [0.15, 0.2) is 12.2 Å². The van der Waals surface area contributed by atoms with E-state index in [0.717, 1.165) is 108 Å². The summed E-state index contributed by atoms with van der Waals surface area (Å²) in [6.07, 6.45) is 79.4. The van der Waals surface area contributed by atoms with Gasteiger partial charge < -0.3 is 33.8 Å². The van der Waals surface area contributed by atoms with E-state index in [1.807, 2.05) is 0 Å². The predicted molar refractivity (Wildman–Crippen MR) is 474 cm³/mol.